The second kappa shape index (κ2) is 8.81. The molecule has 6 atom stereocenters. The molecular weight excluding hydrogens is 418 g/mol. The summed E-state index contributed by atoms with van der Waals surface area (Å²) in [6.45, 7) is 6.61. The molecule has 1 aromatic carbocycles. The number of hydrogen-bond donors (Lipinski definition) is 0. The Labute approximate surface area is 205 Å². The predicted octanol–water partition coefficient (Wildman–Crippen LogP) is 6.57. The third-order valence-corrected chi connectivity index (χ3v) is 9.96. The zero-order valence-corrected chi connectivity index (χ0v) is 21.7. The lowest BCUT2D eigenvalue weighted by atomic mass is 9.54. The van der Waals surface area contributed by atoms with Gasteiger partial charge in [0.1, 0.15) is 5.78 Å². The highest BCUT2D eigenvalue weighted by atomic mass is 16.1. The van der Waals surface area contributed by atoms with Crippen LogP contribution in [-0.4, -0.2) is 25.7 Å². The number of fused-ring (bicyclic) bond motifs is 4. The topological polar surface area (TPSA) is 37.4 Å². The molecule has 4 aliphatic carbocycles. The molecule has 0 radical (unpaired) electrons. The standard InChI is InChI=1S/C31H41NO2/c1-19-16-28-26(25-13-12-24(34)18-27(19)25)14-15-31(3)29(28)17-22(30(31)20(2)33)9-6-21-7-10-23(11-8-21)32(4)5/h7-8,10-11,18-19,22,28-30H,6,9,12-17H2,1-5H3/t19-,22+,28+,29-,30-,31-/m0/s1. The first-order valence-corrected chi connectivity index (χ1v) is 13.4. The quantitative estimate of drug-likeness (QED) is 0.500. The average molecular weight is 460 g/mol. The van der Waals surface area contributed by atoms with Crippen molar-refractivity contribution in [1.82, 2.24) is 0 Å². The first kappa shape index (κ1) is 23.6. The van der Waals surface area contributed by atoms with Crippen LogP contribution in [0.3, 0.4) is 0 Å². The summed E-state index contributed by atoms with van der Waals surface area (Å²) in [5.41, 5.74) is 7.24. The molecule has 0 aromatic heterocycles. The molecule has 0 unspecified atom stereocenters. The summed E-state index contributed by atoms with van der Waals surface area (Å²) in [7, 11) is 4.15. The molecule has 0 amide bonds. The van der Waals surface area contributed by atoms with E-state index in [1.54, 1.807) is 5.57 Å². The van der Waals surface area contributed by atoms with Crippen molar-refractivity contribution in [3.63, 3.8) is 0 Å². The van der Waals surface area contributed by atoms with Crippen LogP contribution in [0.5, 0.6) is 0 Å². The van der Waals surface area contributed by atoms with Crippen LogP contribution < -0.4 is 4.90 Å². The monoisotopic (exact) mass is 459 g/mol. The number of benzene rings is 1. The van der Waals surface area contributed by atoms with E-state index in [4.69, 9.17) is 0 Å². The molecule has 0 spiro atoms. The lowest BCUT2D eigenvalue weighted by Gasteiger charge is -2.50. The maximum Gasteiger partial charge on any atom is 0.156 e. The van der Waals surface area contributed by atoms with Crippen LogP contribution in [0.4, 0.5) is 5.69 Å². The van der Waals surface area contributed by atoms with Gasteiger partial charge in [-0.3, -0.25) is 9.59 Å². The summed E-state index contributed by atoms with van der Waals surface area (Å²) in [5, 5.41) is 0. The lowest BCUT2D eigenvalue weighted by molar-refractivity contribution is -0.126. The fraction of sp³-hybridized carbons (Fsp3) is 0.613. The SMILES string of the molecule is CC(=O)[C@H]1[C@H](CCc2ccc(N(C)C)cc2)C[C@H]2[C@@H]3C[C@H](C)C4=CC(=O)CCC4=C3CC[C@@]21C. The number of anilines is 1. The second-order valence-electron chi connectivity index (χ2n) is 12.1. The Kier molecular flexibility index (Phi) is 6.11. The van der Waals surface area contributed by atoms with Crippen LogP contribution in [-0.2, 0) is 16.0 Å². The highest BCUT2D eigenvalue weighted by Crippen LogP contribution is 2.65. The summed E-state index contributed by atoms with van der Waals surface area (Å²) in [5.74, 6) is 3.03. The van der Waals surface area contributed by atoms with Crippen molar-refractivity contribution in [2.45, 2.75) is 72.1 Å². The fourth-order valence-corrected chi connectivity index (χ4v) is 8.39. The Bertz CT molecular complexity index is 1050. The van der Waals surface area contributed by atoms with Gasteiger partial charge in [-0.25, -0.2) is 0 Å². The molecule has 1 aromatic rings. The maximum absolute atomic E-state index is 13.1. The first-order chi connectivity index (χ1) is 16.2. The maximum atomic E-state index is 13.1. The van der Waals surface area contributed by atoms with Crippen molar-refractivity contribution in [3.05, 3.63) is 52.6 Å². The van der Waals surface area contributed by atoms with Crippen LogP contribution in [0.1, 0.15) is 71.3 Å². The molecule has 0 N–H and O–H groups in total. The van der Waals surface area contributed by atoms with E-state index in [2.05, 4.69) is 57.1 Å². The van der Waals surface area contributed by atoms with Gasteiger partial charge >= 0.3 is 0 Å². The molecule has 2 saturated carbocycles. The molecule has 2 fully saturated rings. The van der Waals surface area contributed by atoms with Crippen molar-refractivity contribution in [1.29, 1.82) is 0 Å². The third-order valence-electron chi connectivity index (χ3n) is 9.96. The first-order valence-electron chi connectivity index (χ1n) is 13.4. The molecule has 0 heterocycles. The number of carbonyl (C=O) groups excluding carboxylic acids is 2. The predicted molar refractivity (Wildman–Crippen MR) is 139 cm³/mol. The minimum absolute atomic E-state index is 0.116. The molecule has 0 bridgehead atoms. The lowest BCUT2D eigenvalue weighted by Crippen LogP contribution is -2.43. The van der Waals surface area contributed by atoms with E-state index in [9.17, 15) is 9.59 Å². The zero-order chi connectivity index (χ0) is 24.2. The molecule has 3 heteroatoms. The molecule has 34 heavy (non-hydrogen) atoms. The van der Waals surface area contributed by atoms with Crippen molar-refractivity contribution >= 4 is 17.3 Å². The minimum Gasteiger partial charge on any atom is -0.378 e. The summed E-state index contributed by atoms with van der Waals surface area (Å²) in [6.07, 6.45) is 10.3. The van der Waals surface area contributed by atoms with Crippen molar-refractivity contribution in [3.8, 4) is 0 Å². The average Bonchev–Trinajstić information content (AvgIpc) is 3.11. The molecule has 0 saturated heterocycles. The van der Waals surface area contributed by atoms with Crippen molar-refractivity contribution in [2.24, 2.45) is 35.0 Å². The molecule has 5 rings (SSSR count). The summed E-state index contributed by atoms with van der Waals surface area (Å²) in [4.78, 5) is 27.3. The number of carbonyl (C=O) groups is 2. The Morgan fingerprint density at radius 3 is 2.50 bits per heavy atom. The Balaban J connectivity index is 1.40. The van der Waals surface area contributed by atoms with E-state index in [1.807, 2.05) is 13.0 Å². The van der Waals surface area contributed by atoms with Gasteiger partial charge in [0.15, 0.2) is 5.78 Å². The summed E-state index contributed by atoms with van der Waals surface area (Å²) >= 11 is 0. The van der Waals surface area contributed by atoms with Crippen LogP contribution >= 0.6 is 0 Å². The largest absolute Gasteiger partial charge is 0.378 e. The molecule has 0 aliphatic heterocycles. The Hall–Kier alpha value is -2.16. The number of aryl methyl sites for hydroxylation is 1. The molecule has 4 aliphatic rings. The van der Waals surface area contributed by atoms with Crippen LogP contribution in [0, 0.1) is 35.0 Å². The highest BCUT2D eigenvalue weighted by Gasteiger charge is 2.58. The van der Waals surface area contributed by atoms with Gasteiger partial charge in [0.2, 0.25) is 0 Å². The number of rotatable bonds is 5. The third kappa shape index (κ3) is 3.89. The molecule has 3 nitrogen and oxygen atoms in total. The van der Waals surface area contributed by atoms with Gasteiger partial charge in [-0.15, -0.1) is 0 Å². The van der Waals surface area contributed by atoms with E-state index in [-0.39, 0.29) is 11.3 Å². The summed E-state index contributed by atoms with van der Waals surface area (Å²) < 4.78 is 0. The Morgan fingerprint density at radius 2 is 1.82 bits per heavy atom. The highest BCUT2D eigenvalue weighted by molar-refractivity contribution is 5.93. The van der Waals surface area contributed by atoms with Gasteiger partial charge < -0.3 is 4.90 Å². The normalized spacial score (nSPS) is 34.8. The molecule has 182 valence electrons. The number of nitrogens with zero attached hydrogens (tertiary/aromatic N) is 1. The number of hydrogen-bond acceptors (Lipinski definition) is 3. The van der Waals surface area contributed by atoms with Crippen molar-refractivity contribution < 1.29 is 9.59 Å². The smallest absolute Gasteiger partial charge is 0.156 e. The minimum atomic E-state index is 0.116. The van der Waals surface area contributed by atoms with E-state index in [1.165, 1.54) is 28.8 Å². The van der Waals surface area contributed by atoms with Gasteiger partial charge in [0.05, 0.1) is 0 Å². The van der Waals surface area contributed by atoms with E-state index >= 15 is 0 Å². The van der Waals surface area contributed by atoms with Gasteiger partial charge in [-0.1, -0.05) is 31.6 Å². The number of Topliss-reactive ketones (excluding diaryl/α,β-unsaturated/α-hetero) is 1. The fourth-order valence-electron chi connectivity index (χ4n) is 8.39. The van der Waals surface area contributed by atoms with Crippen LogP contribution in [0.2, 0.25) is 0 Å². The van der Waals surface area contributed by atoms with Crippen LogP contribution in [0.15, 0.2) is 47.1 Å². The van der Waals surface area contributed by atoms with E-state index in [0.717, 1.165) is 38.5 Å². The number of ketones is 2. The second-order valence-corrected chi connectivity index (χ2v) is 12.1. The van der Waals surface area contributed by atoms with E-state index in [0.29, 0.717) is 41.7 Å². The van der Waals surface area contributed by atoms with Gasteiger partial charge in [-0.2, -0.15) is 0 Å². The zero-order valence-electron chi connectivity index (χ0n) is 21.7. The van der Waals surface area contributed by atoms with Gasteiger partial charge in [-0.05, 0) is 116 Å². The van der Waals surface area contributed by atoms with E-state index < -0.39 is 0 Å². The molecular formula is C31H41NO2. The van der Waals surface area contributed by atoms with Gasteiger partial charge in [0, 0.05) is 32.1 Å². The van der Waals surface area contributed by atoms with Gasteiger partial charge in [0.25, 0.3) is 0 Å². The number of allylic oxidation sites excluding steroid dienone is 4. The summed E-state index contributed by atoms with van der Waals surface area (Å²) in [6, 6.07) is 8.92. The van der Waals surface area contributed by atoms with Crippen molar-refractivity contribution in [2.75, 3.05) is 19.0 Å². The Morgan fingerprint density at radius 1 is 1.09 bits per heavy atom. The van der Waals surface area contributed by atoms with Crippen LogP contribution in [0.25, 0.3) is 0 Å².